The summed E-state index contributed by atoms with van der Waals surface area (Å²) >= 11 is 0. The molecule has 0 aliphatic rings. The molecule has 114 valence electrons. The number of hydrogen-bond acceptors (Lipinski definition) is 5. The van der Waals surface area contributed by atoms with Crippen molar-refractivity contribution in [2.75, 3.05) is 27.4 Å². The van der Waals surface area contributed by atoms with Gasteiger partial charge in [0.2, 0.25) is 5.75 Å². The van der Waals surface area contributed by atoms with Gasteiger partial charge >= 0.3 is 0 Å². The quantitative estimate of drug-likeness (QED) is 0.779. The Kier molecular flexibility index (Phi) is 6.10. The largest absolute Gasteiger partial charge is 0.493 e. The van der Waals surface area contributed by atoms with Crippen molar-refractivity contribution in [3.8, 4) is 17.2 Å². The highest BCUT2D eigenvalue weighted by Crippen LogP contribution is 2.38. The number of ether oxygens (including phenoxy) is 4. The van der Waals surface area contributed by atoms with Gasteiger partial charge in [-0.15, -0.1) is 0 Å². The van der Waals surface area contributed by atoms with E-state index in [1.807, 2.05) is 20.8 Å². The zero-order valence-electron chi connectivity index (χ0n) is 12.9. The Morgan fingerprint density at radius 3 is 1.95 bits per heavy atom. The minimum Gasteiger partial charge on any atom is -0.493 e. The van der Waals surface area contributed by atoms with Gasteiger partial charge in [-0.25, -0.2) is 0 Å². The summed E-state index contributed by atoms with van der Waals surface area (Å²) in [5.74, 6) is 1.58. The summed E-state index contributed by atoms with van der Waals surface area (Å²) in [5.41, 5.74) is 0.509. The van der Waals surface area contributed by atoms with Crippen LogP contribution in [-0.2, 0) is 11.3 Å². The predicted molar refractivity (Wildman–Crippen MR) is 76.7 cm³/mol. The van der Waals surface area contributed by atoms with Gasteiger partial charge in [0.15, 0.2) is 11.5 Å². The molecule has 0 saturated carbocycles. The van der Waals surface area contributed by atoms with E-state index in [-0.39, 0.29) is 12.2 Å². The number of hydrogen-bond donors (Lipinski definition) is 1. The molecule has 0 bridgehead atoms. The molecule has 0 heterocycles. The second kappa shape index (κ2) is 7.36. The monoisotopic (exact) mass is 284 g/mol. The number of methoxy groups -OCH3 is 2. The maximum Gasteiger partial charge on any atom is 0.203 e. The molecule has 5 heteroatoms. The van der Waals surface area contributed by atoms with Crippen LogP contribution >= 0.6 is 0 Å². The van der Waals surface area contributed by atoms with Crippen LogP contribution in [0.4, 0.5) is 0 Å². The Labute approximate surface area is 120 Å². The molecule has 20 heavy (non-hydrogen) atoms. The fraction of sp³-hybridized carbons (Fsp3) is 0.600. The van der Waals surface area contributed by atoms with Gasteiger partial charge in [0.25, 0.3) is 0 Å². The summed E-state index contributed by atoms with van der Waals surface area (Å²) in [4.78, 5) is 0. The minimum atomic E-state index is -0.196. The highest BCUT2D eigenvalue weighted by molar-refractivity contribution is 5.53. The van der Waals surface area contributed by atoms with Gasteiger partial charge in [0, 0.05) is 0 Å². The van der Waals surface area contributed by atoms with E-state index in [0.717, 1.165) is 0 Å². The van der Waals surface area contributed by atoms with E-state index in [2.05, 4.69) is 0 Å². The molecule has 1 aromatic carbocycles. The van der Waals surface area contributed by atoms with Crippen molar-refractivity contribution in [2.24, 2.45) is 0 Å². The first-order chi connectivity index (χ1) is 9.41. The highest BCUT2D eigenvalue weighted by Gasteiger charge is 2.15. The number of aliphatic hydroxyl groups is 1. The van der Waals surface area contributed by atoms with Crippen molar-refractivity contribution in [1.82, 2.24) is 0 Å². The first-order valence-corrected chi connectivity index (χ1v) is 6.53. The molecule has 0 aromatic heterocycles. The van der Waals surface area contributed by atoms with Gasteiger partial charge in [-0.05, 0) is 38.5 Å². The maximum absolute atomic E-state index is 9.20. The van der Waals surface area contributed by atoms with E-state index in [0.29, 0.717) is 36.0 Å². The summed E-state index contributed by atoms with van der Waals surface area (Å²) in [6, 6.07) is 3.45. The van der Waals surface area contributed by atoms with Crippen LogP contribution in [0.5, 0.6) is 17.2 Å². The Morgan fingerprint density at radius 1 is 1.00 bits per heavy atom. The van der Waals surface area contributed by atoms with Gasteiger partial charge < -0.3 is 24.1 Å². The Bertz CT molecular complexity index is 398. The molecule has 0 amide bonds. The van der Waals surface area contributed by atoms with Crippen molar-refractivity contribution in [3.05, 3.63) is 17.7 Å². The number of rotatable bonds is 7. The topological polar surface area (TPSA) is 57.2 Å². The lowest BCUT2D eigenvalue weighted by Gasteiger charge is -2.20. The summed E-state index contributed by atoms with van der Waals surface area (Å²) in [5, 5.41) is 9.20. The third-order valence-corrected chi connectivity index (χ3v) is 2.57. The molecular weight excluding hydrogens is 260 g/mol. The van der Waals surface area contributed by atoms with E-state index >= 15 is 0 Å². The van der Waals surface area contributed by atoms with E-state index in [4.69, 9.17) is 18.9 Å². The highest BCUT2D eigenvalue weighted by atomic mass is 16.6. The van der Waals surface area contributed by atoms with Crippen molar-refractivity contribution in [3.63, 3.8) is 0 Å². The van der Waals surface area contributed by atoms with Crippen molar-refractivity contribution >= 4 is 0 Å². The smallest absolute Gasteiger partial charge is 0.203 e. The van der Waals surface area contributed by atoms with Crippen LogP contribution in [0.2, 0.25) is 0 Å². The molecule has 0 fully saturated rings. The summed E-state index contributed by atoms with van der Waals surface area (Å²) in [6.45, 7) is 6.75. The molecule has 1 N–H and O–H groups in total. The first kappa shape index (κ1) is 16.6. The molecule has 5 nitrogen and oxygen atoms in total. The van der Waals surface area contributed by atoms with Crippen LogP contribution in [0, 0.1) is 0 Å². The number of aliphatic hydroxyl groups excluding tert-OH is 1. The molecule has 0 spiro atoms. The molecule has 0 saturated heterocycles. The lowest BCUT2D eigenvalue weighted by atomic mass is 10.2. The van der Waals surface area contributed by atoms with Crippen molar-refractivity contribution in [2.45, 2.75) is 33.0 Å². The van der Waals surface area contributed by atoms with Crippen LogP contribution in [0.25, 0.3) is 0 Å². The third kappa shape index (κ3) is 4.90. The molecule has 0 atom stereocenters. The molecule has 0 radical (unpaired) electrons. The van der Waals surface area contributed by atoms with E-state index < -0.39 is 0 Å². The molecule has 1 aromatic rings. The lowest BCUT2D eigenvalue weighted by Crippen LogP contribution is -2.22. The van der Waals surface area contributed by atoms with Crippen molar-refractivity contribution in [1.29, 1.82) is 0 Å². The Hall–Kier alpha value is -1.46. The summed E-state index contributed by atoms with van der Waals surface area (Å²) in [6.07, 6.45) is 0. The van der Waals surface area contributed by atoms with Crippen LogP contribution in [0.1, 0.15) is 26.3 Å². The van der Waals surface area contributed by atoms with Gasteiger partial charge in [-0.2, -0.15) is 0 Å². The molecule has 0 unspecified atom stereocenters. The SMILES string of the molecule is COc1cc(CO)cc(OC)c1OCCOC(C)(C)C. The fourth-order valence-electron chi connectivity index (χ4n) is 1.66. The van der Waals surface area contributed by atoms with Gasteiger partial charge in [0.1, 0.15) is 6.61 Å². The average molecular weight is 284 g/mol. The maximum atomic E-state index is 9.20. The van der Waals surface area contributed by atoms with Crippen LogP contribution in [0.15, 0.2) is 12.1 Å². The predicted octanol–water partition coefficient (Wildman–Crippen LogP) is 2.39. The van der Waals surface area contributed by atoms with Gasteiger partial charge in [0.05, 0.1) is 33.0 Å². The fourth-order valence-corrected chi connectivity index (χ4v) is 1.66. The second-order valence-corrected chi connectivity index (χ2v) is 5.30. The zero-order chi connectivity index (χ0) is 15.2. The average Bonchev–Trinajstić information content (AvgIpc) is 2.41. The van der Waals surface area contributed by atoms with Crippen molar-refractivity contribution < 1.29 is 24.1 Å². The first-order valence-electron chi connectivity index (χ1n) is 6.53. The molecular formula is C15H24O5. The second-order valence-electron chi connectivity index (χ2n) is 5.30. The molecule has 0 aliphatic heterocycles. The van der Waals surface area contributed by atoms with Crippen LogP contribution in [0.3, 0.4) is 0 Å². The van der Waals surface area contributed by atoms with Gasteiger partial charge in [-0.3, -0.25) is 0 Å². The van der Waals surface area contributed by atoms with Crippen LogP contribution in [-0.4, -0.2) is 38.1 Å². The number of benzene rings is 1. The normalized spacial score (nSPS) is 11.3. The summed E-state index contributed by atoms with van der Waals surface area (Å²) < 4.78 is 21.8. The molecule has 1 rings (SSSR count). The third-order valence-electron chi connectivity index (χ3n) is 2.57. The van der Waals surface area contributed by atoms with E-state index in [9.17, 15) is 5.11 Å². The standard InChI is InChI=1S/C15H24O5/c1-15(2,3)20-7-6-19-14-12(17-4)8-11(10-16)9-13(14)18-5/h8-9,16H,6-7,10H2,1-5H3. The van der Waals surface area contributed by atoms with E-state index in [1.54, 1.807) is 26.4 Å². The minimum absolute atomic E-state index is 0.0832. The van der Waals surface area contributed by atoms with Crippen LogP contribution < -0.4 is 14.2 Å². The zero-order valence-corrected chi connectivity index (χ0v) is 12.9. The summed E-state index contributed by atoms with van der Waals surface area (Å²) in [7, 11) is 3.10. The molecule has 0 aliphatic carbocycles. The van der Waals surface area contributed by atoms with Gasteiger partial charge in [-0.1, -0.05) is 0 Å². The Balaban J connectivity index is 2.77. The lowest BCUT2D eigenvalue weighted by molar-refractivity contribution is -0.0167. The van der Waals surface area contributed by atoms with E-state index in [1.165, 1.54) is 0 Å². The Morgan fingerprint density at radius 2 is 1.55 bits per heavy atom.